The van der Waals surface area contributed by atoms with Crippen LogP contribution in [-0.4, -0.2) is 23.2 Å². The predicted octanol–water partition coefficient (Wildman–Crippen LogP) is 1.52. The van der Waals surface area contributed by atoms with E-state index in [-0.39, 0.29) is 11.3 Å². The summed E-state index contributed by atoms with van der Waals surface area (Å²) in [6.45, 7) is 0.701. The maximum absolute atomic E-state index is 11.8. The molecule has 1 aliphatic heterocycles. The maximum atomic E-state index is 11.8. The second kappa shape index (κ2) is 4.73. The quantitative estimate of drug-likeness (QED) is 0.620. The van der Waals surface area contributed by atoms with E-state index in [1.54, 1.807) is 6.07 Å². The van der Waals surface area contributed by atoms with Crippen molar-refractivity contribution in [1.82, 2.24) is 5.32 Å². The molecule has 0 aliphatic carbocycles. The number of nitro groups is 1. The van der Waals surface area contributed by atoms with E-state index in [9.17, 15) is 14.9 Å². The van der Waals surface area contributed by atoms with Crippen molar-refractivity contribution in [3.05, 3.63) is 39.9 Å². The number of nitrogens with zero attached hydrogens (tertiary/aromatic N) is 2. The molecular formula is C11H11N3O3. The Balaban J connectivity index is 2.21. The van der Waals surface area contributed by atoms with Crippen LogP contribution in [0.15, 0.2) is 29.3 Å². The molecular weight excluding hydrogens is 222 g/mol. The van der Waals surface area contributed by atoms with Gasteiger partial charge in [0.15, 0.2) is 0 Å². The highest BCUT2D eigenvalue weighted by Crippen LogP contribution is 2.17. The molecule has 0 saturated carbocycles. The average Bonchev–Trinajstić information content (AvgIpc) is 2.81. The largest absolute Gasteiger partial charge is 0.310 e. The van der Waals surface area contributed by atoms with Crippen molar-refractivity contribution in [2.24, 2.45) is 4.99 Å². The third-order valence-corrected chi connectivity index (χ3v) is 2.48. The van der Waals surface area contributed by atoms with Gasteiger partial charge in [0.05, 0.1) is 4.92 Å². The molecule has 1 aliphatic rings. The lowest BCUT2D eigenvalue weighted by molar-refractivity contribution is -0.385. The summed E-state index contributed by atoms with van der Waals surface area (Å²) in [5.41, 5.74) is -0.129. The summed E-state index contributed by atoms with van der Waals surface area (Å²) in [6, 6.07) is 5.87. The number of amidine groups is 1. The molecule has 6 nitrogen and oxygen atoms in total. The summed E-state index contributed by atoms with van der Waals surface area (Å²) in [5, 5.41) is 13.4. The van der Waals surface area contributed by atoms with Crippen molar-refractivity contribution in [2.45, 2.75) is 12.8 Å². The second-order valence-electron chi connectivity index (χ2n) is 3.66. The van der Waals surface area contributed by atoms with Gasteiger partial charge in [0, 0.05) is 19.0 Å². The number of nitro benzene ring substituents is 1. The van der Waals surface area contributed by atoms with Crippen molar-refractivity contribution in [1.29, 1.82) is 0 Å². The van der Waals surface area contributed by atoms with Gasteiger partial charge >= 0.3 is 0 Å². The van der Waals surface area contributed by atoms with Crippen LogP contribution in [0.25, 0.3) is 0 Å². The number of rotatable bonds is 2. The van der Waals surface area contributed by atoms with E-state index in [1.807, 2.05) is 0 Å². The van der Waals surface area contributed by atoms with Crippen molar-refractivity contribution in [2.75, 3.05) is 6.54 Å². The number of para-hydroxylation sites is 1. The number of carbonyl (C=O) groups is 1. The Kier molecular flexibility index (Phi) is 3.13. The Hall–Kier alpha value is -2.24. The third-order valence-electron chi connectivity index (χ3n) is 2.48. The van der Waals surface area contributed by atoms with E-state index in [2.05, 4.69) is 10.3 Å². The van der Waals surface area contributed by atoms with Crippen LogP contribution < -0.4 is 5.32 Å². The molecule has 17 heavy (non-hydrogen) atoms. The minimum atomic E-state index is -0.564. The van der Waals surface area contributed by atoms with Crippen LogP contribution in [0.1, 0.15) is 23.2 Å². The maximum Gasteiger partial charge on any atom is 0.282 e. The van der Waals surface area contributed by atoms with Gasteiger partial charge in [0.1, 0.15) is 11.4 Å². The zero-order valence-corrected chi connectivity index (χ0v) is 9.05. The molecule has 88 valence electrons. The highest BCUT2D eigenvalue weighted by Gasteiger charge is 2.20. The minimum Gasteiger partial charge on any atom is -0.310 e. The highest BCUT2D eigenvalue weighted by atomic mass is 16.6. The van der Waals surface area contributed by atoms with Crippen LogP contribution >= 0.6 is 0 Å². The minimum absolute atomic E-state index is 0.0621. The van der Waals surface area contributed by atoms with Crippen LogP contribution in [0.2, 0.25) is 0 Å². The van der Waals surface area contributed by atoms with Crippen molar-refractivity contribution in [3.8, 4) is 0 Å². The van der Waals surface area contributed by atoms with Gasteiger partial charge in [-0.3, -0.25) is 19.9 Å². The molecule has 1 N–H and O–H groups in total. The first-order chi connectivity index (χ1) is 8.18. The zero-order chi connectivity index (χ0) is 12.3. The molecule has 0 fully saturated rings. The Bertz CT molecular complexity index is 496. The fourth-order valence-corrected chi connectivity index (χ4v) is 1.66. The van der Waals surface area contributed by atoms with E-state index >= 15 is 0 Å². The second-order valence-corrected chi connectivity index (χ2v) is 3.66. The lowest BCUT2D eigenvalue weighted by atomic mass is 10.1. The molecule has 1 amide bonds. The number of nitrogens with one attached hydrogen (secondary N) is 1. The van der Waals surface area contributed by atoms with Gasteiger partial charge in [0.25, 0.3) is 11.6 Å². The van der Waals surface area contributed by atoms with Gasteiger partial charge in [-0.15, -0.1) is 0 Å². The van der Waals surface area contributed by atoms with Crippen molar-refractivity contribution in [3.63, 3.8) is 0 Å². The van der Waals surface area contributed by atoms with Gasteiger partial charge in [-0.25, -0.2) is 0 Å². The van der Waals surface area contributed by atoms with Crippen LogP contribution in [0.3, 0.4) is 0 Å². The summed E-state index contributed by atoms with van der Waals surface area (Å²) in [6.07, 6.45) is 1.62. The summed E-state index contributed by atoms with van der Waals surface area (Å²) < 4.78 is 0. The molecule has 1 heterocycles. The molecule has 0 unspecified atom stereocenters. The normalized spacial score (nSPS) is 14.2. The van der Waals surface area contributed by atoms with Crippen LogP contribution in [-0.2, 0) is 0 Å². The zero-order valence-electron chi connectivity index (χ0n) is 9.05. The molecule has 6 heteroatoms. The molecule has 1 aromatic carbocycles. The first-order valence-electron chi connectivity index (χ1n) is 5.26. The third kappa shape index (κ3) is 2.47. The number of aliphatic imine (C=N–C) groups is 1. The first-order valence-corrected chi connectivity index (χ1v) is 5.26. The lowest BCUT2D eigenvalue weighted by Crippen LogP contribution is -2.29. The Morgan fingerprint density at radius 1 is 1.41 bits per heavy atom. The van der Waals surface area contributed by atoms with E-state index in [0.29, 0.717) is 18.8 Å². The standard InChI is InChI=1S/C11H11N3O3/c15-11(13-10-6-3-7-12-10)8-4-1-2-5-9(8)14(16)17/h1-2,4-5H,3,6-7H2,(H,12,13,15). The molecule has 0 spiro atoms. The smallest absolute Gasteiger partial charge is 0.282 e. The van der Waals surface area contributed by atoms with Crippen molar-refractivity contribution >= 4 is 17.4 Å². The summed E-state index contributed by atoms with van der Waals surface area (Å²) in [7, 11) is 0. The highest BCUT2D eigenvalue weighted by molar-refractivity contribution is 6.08. The molecule has 0 saturated heterocycles. The Morgan fingerprint density at radius 3 is 2.82 bits per heavy atom. The van der Waals surface area contributed by atoms with Gasteiger partial charge in [-0.05, 0) is 12.5 Å². The Labute approximate surface area is 97.5 Å². The number of benzene rings is 1. The Morgan fingerprint density at radius 2 is 2.18 bits per heavy atom. The molecule has 0 bridgehead atoms. The van der Waals surface area contributed by atoms with E-state index in [1.165, 1.54) is 18.2 Å². The van der Waals surface area contributed by atoms with Gasteiger partial charge in [-0.1, -0.05) is 12.1 Å². The summed E-state index contributed by atoms with van der Waals surface area (Å²) in [5.74, 6) is 0.131. The predicted molar refractivity (Wildman–Crippen MR) is 62.1 cm³/mol. The molecule has 1 aromatic rings. The molecule has 0 aromatic heterocycles. The van der Waals surface area contributed by atoms with E-state index in [4.69, 9.17) is 0 Å². The van der Waals surface area contributed by atoms with Crippen LogP contribution in [0.5, 0.6) is 0 Å². The first kappa shape index (κ1) is 11.3. The average molecular weight is 233 g/mol. The van der Waals surface area contributed by atoms with Gasteiger partial charge in [0.2, 0.25) is 0 Å². The van der Waals surface area contributed by atoms with Gasteiger partial charge < -0.3 is 5.32 Å². The SMILES string of the molecule is O=C(NC1=NCCC1)c1ccccc1[N+](=O)[O-]. The molecule has 0 radical (unpaired) electrons. The number of hydrogen-bond acceptors (Lipinski definition) is 4. The van der Waals surface area contributed by atoms with E-state index in [0.717, 1.165) is 6.42 Å². The summed E-state index contributed by atoms with van der Waals surface area (Å²) >= 11 is 0. The molecule has 0 atom stereocenters. The van der Waals surface area contributed by atoms with E-state index < -0.39 is 10.8 Å². The monoisotopic (exact) mass is 233 g/mol. The fourth-order valence-electron chi connectivity index (χ4n) is 1.66. The fraction of sp³-hybridized carbons (Fsp3) is 0.273. The topological polar surface area (TPSA) is 84.6 Å². The van der Waals surface area contributed by atoms with Crippen molar-refractivity contribution < 1.29 is 9.72 Å². The van der Waals surface area contributed by atoms with Crippen LogP contribution in [0.4, 0.5) is 5.69 Å². The number of amides is 1. The van der Waals surface area contributed by atoms with Crippen LogP contribution in [0, 0.1) is 10.1 Å². The lowest BCUT2D eigenvalue weighted by Gasteiger charge is -2.04. The number of carbonyl (C=O) groups excluding carboxylic acids is 1. The van der Waals surface area contributed by atoms with Gasteiger partial charge in [-0.2, -0.15) is 0 Å². The summed E-state index contributed by atoms with van der Waals surface area (Å²) in [4.78, 5) is 26.1. The molecule has 2 rings (SSSR count). The number of hydrogen-bond donors (Lipinski definition) is 1.